The van der Waals surface area contributed by atoms with Gasteiger partial charge in [0.15, 0.2) is 0 Å². The Labute approximate surface area is 151 Å². The average Bonchev–Trinajstić information content (AvgIpc) is 2.40. The summed E-state index contributed by atoms with van der Waals surface area (Å²) in [6, 6.07) is 0. The highest BCUT2D eigenvalue weighted by atomic mass is 16.5. The molecule has 0 saturated heterocycles. The van der Waals surface area contributed by atoms with E-state index in [9.17, 15) is 4.79 Å². The minimum Gasteiger partial charge on any atom is -0.462 e. The number of carbonyl (C=O) groups excluding carboxylic acids is 1. The van der Waals surface area contributed by atoms with Crippen LogP contribution in [0.2, 0.25) is 0 Å². The smallest absolute Gasteiger partial charge is 0.306 e. The number of esters is 1. The van der Waals surface area contributed by atoms with E-state index in [1.165, 1.54) is 0 Å². The van der Waals surface area contributed by atoms with E-state index in [0.717, 1.165) is 32.1 Å². The van der Waals surface area contributed by atoms with Crippen LogP contribution in [0.3, 0.4) is 0 Å². The van der Waals surface area contributed by atoms with Gasteiger partial charge in [0, 0.05) is 6.42 Å². The number of hydrogen-bond acceptors (Lipinski definition) is 3. The van der Waals surface area contributed by atoms with E-state index in [1.807, 2.05) is 0 Å². The van der Waals surface area contributed by atoms with E-state index in [4.69, 9.17) is 10.5 Å². The van der Waals surface area contributed by atoms with Crippen molar-refractivity contribution in [3.63, 3.8) is 0 Å². The summed E-state index contributed by atoms with van der Waals surface area (Å²) in [5, 5.41) is 0. The SMILES string of the molecule is CC(C)CC(C)C(CC(C)(C)C(C)(C)C)OC(=O)CCCCCN. The molecule has 144 valence electrons. The molecule has 0 heterocycles. The molecule has 3 heteroatoms. The highest BCUT2D eigenvalue weighted by molar-refractivity contribution is 5.69. The van der Waals surface area contributed by atoms with Gasteiger partial charge in [-0.2, -0.15) is 0 Å². The molecule has 0 aromatic rings. The second kappa shape index (κ2) is 10.4. The summed E-state index contributed by atoms with van der Waals surface area (Å²) in [6.07, 6.45) is 5.39. The van der Waals surface area contributed by atoms with Gasteiger partial charge >= 0.3 is 5.97 Å². The Kier molecular flexibility index (Phi) is 10.2. The van der Waals surface area contributed by atoms with Gasteiger partial charge < -0.3 is 10.5 Å². The first kappa shape index (κ1) is 23.4. The molecule has 0 radical (unpaired) electrons. The van der Waals surface area contributed by atoms with Gasteiger partial charge in [0.25, 0.3) is 0 Å². The van der Waals surface area contributed by atoms with Crippen LogP contribution in [0.25, 0.3) is 0 Å². The maximum atomic E-state index is 12.3. The Morgan fingerprint density at radius 3 is 2.04 bits per heavy atom. The predicted molar refractivity (Wildman–Crippen MR) is 104 cm³/mol. The molecule has 0 aliphatic rings. The lowest BCUT2D eigenvalue weighted by Crippen LogP contribution is -2.38. The second-order valence-corrected chi connectivity index (χ2v) is 9.57. The lowest BCUT2D eigenvalue weighted by molar-refractivity contribution is -0.155. The predicted octanol–water partition coefficient (Wildman–Crippen LogP) is 5.56. The molecule has 0 bridgehead atoms. The zero-order chi connectivity index (χ0) is 19.0. The van der Waals surface area contributed by atoms with Crippen molar-refractivity contribution < 1.29 is 9.53 Å². The Morgan fingerprint density at radius 2 is 1.58 bits per heavy atom. The zero-order valence-corrected chi connectivity index (χ0v) is 17.6. The average molecular weight is 342 g/mol. The van der Waals surface area contributed by atoms with Crippen molar-refractivity contribution >= 4 is 5.97 Å². The summed E-state index contributed by atoms with van der Waals surface area (Å²) >= 11 is 0. The monoisotopic (exact) mass is 341 g/mol. The molecule has 0 rings (SSSR count). The van der Waals surface area contributed by atoms with Crippen molar-refractivity contribution in [2.24, 2.45) is 28.4 Å². The Bertz CT molecular complexity index is 355. The van der Waals surface area contributed by atoms with Crippen LogP contribution in [-0.4, -0.2) is 18.6 Å². The minimum absolute atomic E-state index is 0.00336. The van der Waals surface area contributed by atoms with Gasteiger partial charge in [0.05, 0.1) is 0 Å². The van der Waals surface area contributed by atoms with E-state index in [-0.39, 0.29) is 22.9 Å². The molecule has 2 N–H and O–H groups in total. The third kappa shape index (κ3) is 9.05. The van der Waals surface area contributed by atoms with Crippen molar-refractivity contribution in [2.75, 3.05) is 6.54 Å². The van der Waals surface area contributed by atoms with E-state index in [1.54, 1.807) is 0 Å². The Morgan fingerprint density at radius 1 is 1.00 bits per heavy atom. The lowest BCUT2D eigenvalue weighted by atomic mass is 9.65. The Balaban J connectivity index is 4.85. The van der Waals surface area contributed by atoms with Crippen molar-refractivity contribution in [3.05, 3.63) is 0 Å². The number of rotatable bonds is 11. The largest absolute Gasteiger partial charge is 0.462 e. The van der Waals surface area contributed by atoms with Gasteiger partial charge in [0.2, 0.25) is 0 Å². The first-order chi connectivity index (χ1) is 10.9. The number of ether oxygens (including phenoxy) is 1. The maximum absolute atomic E-state index is 12.3. The van der Waals surface area contributed by atoms with E-state index >= 15 is 0 Å². The fraction of sp³-hybridized carbons (Fsp3) is 0.952. The summed E-state index contributed by atoms with van der Waals surface area (Å²) in [5.74, 6) is 0.959. The van der Waals surface area contributed by atoms with Crippen LogP contribution in [0.1, 0.15) is 93.9 Å². The highest BCUT2D eigenvalue weighted by Gasteiger charge is 2.37. The fourth-order valence-electron chi connectivity index (χ4n) is 2.88. The van der Waals surface area contributed by atoms with Gasteiger partial charge in [-0.1, -0.05) is 61.8 Å². The molecule has 0 fully saturated rings. The fourth-order valence-corrected chi connectivity index (χ4v) is 2.88. The molecular formula is C21H43NO2. The molecular weight excluding hydrogens is 298 g/mol. The molecule has 0 aliphatic carbocycles. The number of carbonyl (C=O) groups is 1. The molecule has 0 amide bonds. The van der Waals surface area contributed by atoms with Gasteiger partial charge in [-0.25, -0.2) is 0 Å². The minimum atomic E-state index is -0.0441. The quantitative estimate of drug-likeness (QED) is 0.395. The molecule has 0 aromatic carbocycles. The summed E-state index contributed by atoms with van der Waals surface area (Å²) in [6.45, 7) is 18.8. The molecule has 2 unspecified atom stereocenters. The molecule has 0 aliphatic heterocycles. The van der Waals surface area contributed by atoms with Crippen LogP contribution in [-0.2, 0) is 9.53 Å². The van der Waals surface area contributed by atoms with E-state index < -0.39 is 0 Å². The zero-order valence-electron chi connectivity index (χ0n) is 17.6. The van der Waals surface area contributed by atoms with Crippen LogP contribution < -0.4 is 5.73 Å². The number of hydrogen-bond donors (Lipinski definition) is 1. The van der Waals surface area contributed by atoms with Crippen LogP contribution in [0.5, 0.6) is 0 Å². The first-order valence-corrected chi connectivity index (χ1v) is 9.80. The summed E-state index contributed by atoms with van der Waals surface area (Å²) in [5.41, 5.74) is 5.80. The van der Waals surface area contributed by atoms with Crippen molar-refractivity contribution in [2.45, 2.75) is 100 Å². The third-order valence-electron chi connectivity index (χ3n) is 5.59. The molecule has 0 saturated carbocycles. The summed E-state index contributed by atoms with van der Waals surface area (Å²) < 4.78 is 5.95. The Hall–Kier alpha value is -0.570. The van der Waals surface area contributed by atoms with Gasteiger partial charge in [-0.15, -0.1) is 0 Å². The molecule has 0 spiro atoms. The molecule has 2 atom stereocenters. The van der Waals surface area contributed by atoms with Crippen molar-refractivity contribution in [1.82, 2.24) is 0 Å². The lowest BCUT2D eigenvalue weighted by Gasteiger charge is -2.42. The van der Waals surface area contributed by atoms with Crippen molar-refractivity contribution in [1.29, 1.82) is 0 Å². The van der Waals surface area contributed by atoms with Gasteiger partial charge in [-0.05, 0) is 54.9 Å². The number of unbranched alkanes of at least 4 members (excludes halogenated alkanes) is 2. The van der Waals surface area contributed by atoms with Crippen molar-refractivity contribution in [3.8, 4) is 0 Å². The summed E-state index contributed by atoms with van der Waals surface area (Å²) in [4.78, 5) is 12.3. The molecule has 0 aromatic heterocycles. The second-order valence-electron chi connectivity index (χ2n) is 9.57. The summed E-state index contributed by atoms with van der Waals surface area (Å²) in [7, 11) is 0. The van der Waals surface area contributed by atoms with Crippen LogP contribution in [0.15, 0.2) is 0 Å². The van der Waals surface area contributed by atoms with Crippen LogP contribution >= 0.6 is 0 Å². The standard InChI is InChI=1S/C21H43NO2/c1-16(2)14-17(3)18(15-21(7,8)20(4,5)6)24-19(23)12-10-9-11-13-22/h16-18H,9-15,22H2,1-8H3. The molecule has 3 nitrogen and oxygen atoms in total. The number of nitrogens with two attached hydrogens (primary N) is 1. The van der Waals surface area contributed by atoms with Gasteiger partial charge in [-0.3, -0.25) is 4.79 Å². The van der Waals surface area contributed by atoms with E-state index in [2.05, 4.69) is 55.4 Å². The first-order valence-electron chi connectivity index (χ1n) is 9.80. The van der Waals surface area contributed by atoms with E-state index in [0.29, 0.717) is 24.8 Å². The highest BCUT2D eigenvalue weighted by Crippen LogP contribution is 2.43. The van der Waals surface area contributed by atoms with Gasteiger partial charge in [0.1, 0.15) is 6.10 Å². The topological polar surface area (TPSA) is 52.3 Å². The van der Waals surface area contributed by atoms with Crippen LogP contribution in [0, 0.1) is 22.7 Å². The van der Waals surface area contributed by atoms with Crippen LogP contribution in [0.4, 0.5) is 0 Å². The normalized spacial score (nSPS) is 15.4. The third-order valence-corrected chi connectivity index (χ3v) is 5.59. The maximum Gasteiger partial charge on any atom is 0.306 e. The molecule has 24 heavy (non-hydrogen) atoms.